The third-order valence-corrected chi connectivity index (χ3v) is 5.34. The smallest absolute Gasteiger partial charge is 0.294 e. The zero-order valence-electron chi connectivity index (χ0n) is 11.7. The minimum Gasteiger partial charge on any atom is -0.412 e. The molecule has 0 aromatic heterocycles. The highest BCUT2D eigenvalue weighted by molar-refractivity contribution is 7.85. The normalized spacial score (nSPS) is 11.0. The van der Waals surface area contributed by atoms with Crippen LogP contribution in [0.15, 0.2) is 47.4 Å². The van der Waals surface area contributed by atoms with Gasteiger partial charge in [-0.3, -0.25) is 4.55 Å². The molecule has 5 nitrogen and oxygen atoms in total. The van der Waals surface area contributed by atoms with Crippen LogP contribution < -0.4 is 10.6 Å². The Bertz CT molecular complexity index is 696. The summed E-state index contributed by atoms with van der Waals surface area (Å²) in [6, 6.07) is 12.5. The van der Waals surface area contributed by atoms with E-state index in [4.69, 9.17) is 4.55 Å². The summed E-state index contributed by atoms with van der Waals surface area (Å²) in [7, 11) is -3.63. The molecule has 0 heterocycles. The van der Waals surface area contributed by atoms with Crippen LogP contribution in [0.2, 0.25) is 0 Å². The number of benzene rings is 2. The first-order chi connectivity index (χ1) is 8.88. The molecule has 5 N–H and O–H groups in total. The lowest BCUT2D eigenvalue weighted by Crippen LogP contribution is -2.08. The fourth-order valence-corrected chi connectivity index (χ4v) is 3.44. The zero-order valence-corrected chi connectivity index (χ0v) is 13.5. The standard InChI is InChI=1S/C14H15O3PS.2H2O/c1-10-4-3-5-14(11(10)2)18-12-6-8-13(9-7-12)19(15,16)17;;/h3-9,18H,1-2H3,(H,15,16,17);2*1H2. The fourth-order valence-electron chi connectivity index (χ4n) is 1.75. The van der Waals surface area contributed by atoms with Crippen LogP contribution in [0.5, 0.6) is 0 Å². The molecular formula is C14H19O5PS. The van der Waals surface area contributed by atoms with Gasteiger partial charge in [-0.1, -0.05) is 38.9 Å². The molecule has 116 valence electrons. The largest absolute Gasteiger partial charge is 0.412 e. The molecule has 0 aliphatic carbocycles. The molecule has 0 fully saturated rings. The van der Waals surface area contributed by atoms with Gasteiger partial charge in [0.25, 0.3) is 10.1 Å². The van der Waals surface area contributed by atoms with Crippen LogP contribution >= 0.6 is 8.58 Å². The molecule has 0 spiro atoms. The summed E-state index contributed by atoms with van der Waals surface area (Å²) < 4.78 is 30.8. The summed E-state index contributed by atoms with van der Waals surface area (Å²) in [4.78, 5) is -0.0676. The highest BCUT2D eigenvalue weighted by Gasteiger charge is 2.09. The van der Waals surface area contributed by atoms with Gasteiger partial charge in [0.1, 0.15) is 0 Å². The van der Waals surface area contributed by atoms with Gasteiger partial charge in [0, 0.05) is 0 Å². The van der Waals surface area contributed by atoms with Gasteiger partial charge in [-0.15, -0.1) is 0 Å². The Kier molecular flexibility index (Phi) is 7.16. The van der Waals surface area contributed by atoms with Crippen molar-refractivity contribution < 1.29 is 23.9 Å². The summed E-state index contributed by atoms with van der Waals surface area (Å²) in [6.45, 7) is 4.16. The van der Waals surface area contributed by atoms with Gasteiger partial charge in [0.15, 0.2) is 0 Å². The average Bonchev–Trinajstić information content (AvgIpc) is 2.35. The van der Waals surface area contributed by atoms with Gasteiger partial charge in [-0.2, -0.15) is 8.42 Å². The molecule has 0 saturated heterocycles. The molecule has 0 amide bonds. The Morgan fingerprint density at radius 1 is 0.952 bits per heavy atom. The van der Waals surface area contributed by atoms with E-state index >= 15 is 0 Å². The van der Waals surface area contributed by atoms with Crippen molar-refractivity contribution in [3.05, 3.63) is 53.6 Å². The van der Waals surface area contributed by atoms with Crippen molar-refractivity contribution >= 4 is 29.3 Å². The Morgan fingerprint density at radius 2 is 1.52 bits per heavy atom. The third-order valence-electron chi connectivity index (χ3n) is 3.04. The second kappa shape index (κ2) is 7.64. The zero-order chi connectivity index (χ0) is 14.0. The molecule has 0 aliphatic rings. The molecule has 1 unspecified atom stereocenters. The number of hydrogen-bond donors (Lipinski definition) is 1. The molecule has 1 atom stereocenters. The first kappa shape index (κ1) is 19.7. The molecule has 0 aliphatic heterocycles. The van der Waals surface area contributed by atoms with E-state index in [0.717, 1.165) is 5.30 Å². The van der Waals surface area contributed by atoms with Crippen molar-refractivity contribution in [2.75, 3.05) is 0 Å². The maximum Gasteiger partial charge on any atom is 0.294 e. The van der Waals surface area contributed by atoms with E-state index in [-0.39, 0.29) is 15.8 Å². The van der Waals surface area contributed by atoms with Crippen molar-refractivity contribution in [3.8, 4) is 0 Å². The minimum atomic E-state index is -4.10. The summed E-state index contributed by atoms with van der Waals surface area (Å²) in [5.41, 5.74) is 2.51. The molecule has 21 heavy (non-hydrogen) atoms. The third kappa shape index (κ3) is 4.88. The lowest BCUT2D eigenvalue weighted by Gasteiger charge is -2.09. The van der Waals surface area contributed by atoms with Crippen LogP contribution in [0.3, 0.4) is 0 Å². The maximum atomic E-state index is 11.0. The van der Waals surface area contributed by atoms with Crippen molar-refractivity contribution in [2.45, 2.75) is 18.7 Å². The number of rotatable bonds is 3. The molecule has 7 heteroatoms. The molecule has 0 bridgehead atoms. The lowest BCUT2D eigenvalue weighted by molar-refractivity contribution is 0.483. The minimum absolute atomic E-state index is 0. The van der Waals surface area contributed by atoms with E-state index in [1.165, 1.54) is 28.6 Å². The van der Waals surface area contributed by atoms with Gasteiger partial charge >= 0.3 is 0 Å². The summed E-state index contributed by atoms with van der Waals surface area (Å²) in [6.07, 6.45) is 0. The molecular weight excluding hydrogens is 311 g/mol. The molecule has 0 radical (unpaired) electrons. The van der Waals surface area contributed by atoms with Crippen molar-refractivity contribution in [3.63, 3.8) is 0 Å². The molecule has 2 aromatic carbocycles. The summed E-state index contributed by atoms with van der Waals surface area (Å²) >= 11 is 0. The van der Waals surface area contributed by atoms with E-state index in [1.54, 1.807) is 12.1 Å². The van der Waals surface area contributed by atoms with E-state index in [1.807, 2.05) is 6.07 Å². The predicted octanol–water partition coefficient (Wildman–Crippen LogP) is 0.530. The summed E-state index contributed by atoms with van der Waals surface area (Å²) in [5, 5.41) is 2.29. The predicted molar refractivity (Wildman–Crippen MR) is 87.0 cm³/mol. The van der Waals surface area contributed by atoms with Gasteiger partial charge in [-0.05, 0) is 47.7 Å². The van der Waals surface area contributed by atoms with E-state index in [0.29, 0.717) is 8.58 Å². The van der Waals surface area contributed by atoms with Crippen LogP contribution in [0.4, 0.5) is 0 Å². The van der Waals surface area contributed by atoms with E-state index in [2.05, 4.69) is 26.0 Å². The van der Waals surface area contributed by atoms with Crippen LogP contribution in [0, 0.1) is 13.8 Å². The maximum absolute atomic E-state index is 11.0. The first-order valence-electron chi connectivity index (χ1n) is 5.79. The Balaban J connectivity index is 0.00000200. The fraction of sp³-hybridized carbons (Fsp3) is 0.143. The van der Waals surface area contributed by atoms with Crippen molar-refractivity contribution in [1.29, 1.82) is 0 Å². The first-order valence-corrected chi connectivity index (χ1v) is 8.23. The molecule has 2 aromatic rings. The number of hydrogen-bond acceptors (Lipinski definition) is 2. The highest BCUT2D eigenvalue weighted by atomic mass is 32.2. The monoisotopic (exact) mass is 330 g/mol. The lowest BCUT2D eigenvalue weighted by atomic mass is 10.1. The second-order valence-electron chi connectivity index (χ2n) is 4.37. The molecule has 0 saturated carbocycles. The quantitative estimate of drug-likeness (QED) is 0.653. The van der Waals surface area contributed by atoms with Gasteiger partial charge in [0.05, 0.1) is 4.90 Å². The van der Waals surface area contributed by atoms with Crippen molar-refractivity contribution in [2.24, 2.45) is 0 Å². The van der Waals surface area contributed by atoms with E-state index in [9.17, 15) is 8.42 Å². The van der Waals surface area contributed by atoms with E-state index < -0.39 is 10.1 Å². The topological polar surface area (TPSA) is 117 Å². The number of aryl methyl sites for hydroxylation is 1. The Morgan fingerprint density at radius 3 is 2.05 bits per heavy atom. The second-order valence-corrected chi connectivity index (χ2v) is 7.16. The Hall–Kier alpha value is -1.30. The Labute approximate surface area is 126 Å². The highest BCUT2D eigenvalue weighted by Crippen LogP contribution is 2.17. The van der Waals surface area contributed by atoms with Crippen molar-refractivity contribution in [1.82, 2.24) is 0 Å². The van der Waals surface area contributed by atoms with Crippen LogP contribution in [-0.4, -0.2) is 23.9 Å². The van der Waals surface area contributed by atoms with Gasteiger partial charge in [-0.25, -0.2) is 0 Å². The average molecular weight is 330 g/mol. The van der Waals surface area contributed by atoms with Crippen LogP contribution in [-0.2, 0) is 10.1 Å². The molecule has 2 rings (SSSR count). The van der Waals surface area contributed by atoms with Gasteiger partial charge in [0.2, 0.25) is 0 Å². The SMILES string of the molecule is Cc1cccc(Pc2ccc(S(=O)(=O)O)cc2)c1C.O.O. The van der Waals surface area contributed by atoms with Gasteiger partial charge < -0.3 is 11.0 Å². The van der Waals surface area contributed by atoms with Crippen LogP contribution in [0.1, 0.15) is 11.1 Å². The van der Waals surface area contributed by atoms with Crippen LogP contribution in [0.25, 0.3) is 0 Å². The summed E-state index contributed by atoms with van der Waals surface area (Å²) in [5.74, 6) is 0.